The van der Waals surface area contributed by atoms with E-state index in [-0.39, 0.29) is 17.6 Å². The Balaban J connectivity index is 1.84. The van der Waals surface area contributed by atoms with Crippen LogP contribution >= 0.6 is 11.8 Å². The Hall–Kier alpha value is -1.04. The summed E-state index contributed by atoms with van der Waals surface area (Å²) in [7, 11) is 0. The fourth-order valence-electron chi connectivity index (χ4n) is 4.53. The van der Waals surface area contributed by atoms with Crippen molar-refractivity contribution >= 4 is 17.6 Å². The predicted octanol–water partition coefficient (Wildman–Crippen LogP) is 2.61. The number of nitrogens with one attached hydrogen (secondary N) is 1. The summed E-state index contributed by atoms with van der Waals surface area (Å²) in [5.74, 6) is 1.76. The first kappa shape index (κ1) is 17.4. The van der Waals surface area contributed by atoms with E-state index in [2.05, 4.69) is 55.3 Å². The molecule has 0 amide bonds. The van der Waals surface area contributed by atoms with Gasteiger partial charge in [0.1, 0.15) is 5.84 Å². The van der Waals surface area contributed by atoms with Crippen molar-refractivity contribution in [3.63, 3.8) is 0 Å². The maximum atomic E-state index is 10.6. The molecular formula is C20H29N3OS. The van der Waals surface area contributed by atoms with Crippen LogP contribution in [0, 0.1) is 11.8 Å². The van der Waals surface area contributed by atoms with E-state index in [1.165, 1.54) is 10.5 Å². The Morgan fingerprint density at radius 3 is 2.72 bits per heavy atom. The second-order valence-electron chi connectivity index (χ2n) is 8.00. The van der Waals surface area contributed by atoms with Crippen LogP contribution in [-0.2, 0) is 0 Å². The lowest BCUT2D eigenvalue weighted by Gasteiger charge is -2.48. The number of aliphatic hydroxyl groups is 1. The van der Waals surface area contributed by atoms with Crippen molar-refractivity contribution in [2.24, 2.45) is 16.8 Å². The molecule has 0 aromatic heterocycles. The smallest absolute Gasteiger partial charge is 0.132 e. The van der Waals surface area contributed by atoms with Crippen molar-refractivity contribution < 1.29 is 5.11 Å². The molecule has 0 bridgehead atoms. The average molecular weight is 360 g/mol. The maximum Gasteiger partial charge on any atom is 0.132 e. The molecule has 4 nitrogen and oxygen atoms in total. The van der Waals surface area contributed by atoms with E-state index in [9.17, 15) is 5.11 Å². The number of rotatable bonds is 0. The minimum Gasteiger partial charge on any atom is -0.393 e. The van der Waals surface area contributed by atoms with Gasteiger partial charge in [-0.15, -0.1) is 11.8 Å². The van der Waals surface area contributed by atoms with Crippen molar-refractivity contribution in [2.45, 2.75) is 49.0 Å². The van der Waals surface area contributed by atoms with Gasteiger partial charge in [-0.2, -0.15) is 0 Å². The highest BCUT2D eigenvalue weighted by Gasteiger charge is 2.51. The number of aliphatic hydroxyl groups excluding tert-OH is 1. The molecule has 2 fully saturated rings. The molecule has 2 aliphatic heterocycles. The molecule has 0 radical (unpaired) electrons. The fraction of sp³-hybridized carbons (Fsp3) is 0.650. The monoisotopic (exact) mass is 359 g/mol. The van der Waals surface area contributed by atoms with Crippen molar-refractivity contribution in [3.8, 4) is 0 Å². The van der Waals surface area contributed by atoms with Crippen LogP contribution in [0.4, 0.5) is 0 Å². The molecule has 136 valence electrons. The number of thioether (sulfide) groups is 1. The Morgan fingerprint density at radius 1 is 1.24 bits per heavy atom. The van der Waals surface area contributed by atoms with Gasteiger partial charge in [0.05, 0.1) is 11.6 Å². The van der Waals surface area contributed by atoms with Gasteiger partial charge < -0.3 is 15.3 Å². The molecule has 2 heterocycles. The van der Waals surface area contributed by atoms with Crippen molar-refractivity contribution in [1.82, 2.24) is 10.2 Å². The lowest BCUT2D eigenvalue weighted by Crippen LogP contribution is -2.54. The van der Waals surface area contributed by atoms with E-state index in [0.29, 0.717) is 11.2 Å². The summed E-state index contributed by atoms with van der Waals surface area (Å²) in [4.78, 5) is 9.20. The minimum atomic E-state index is -0.233. The number of benzene rings is 1. The second-order valence-corrected chi connectivity index (χ2v) is 9.18. The first-order chi connectivity index (χ1) is 12.0. The third-order valence-electron chi connectivity index (χ3n) is 6.40. The van der Waals surface area contributed by atoms with Gasteiger partial charge in [-0.05, 0) is 31.2 Å². The van der Waals surface area contributed by atoms with Crippen molar-refractivity contribution in [3.05, 3.63) is 29.8 Å². The average Bonchev–Trinajstić information content (AvgIpc) is 2.77. The van der Waals surface area contributed by atoms with E-state index in [1.54, 1.807) is 0 Å². The third-order valence-corrected chi connectivity index (χ3v) is 8.17. The number of piperazine rings is 1. The summed E-state index contributed by atoms with van der Waals surface area (Å²) < 4.78 is 0. The first-order valence-corrected chi connectivity index (χ1v) is 10.4. The van der Waals surface area contributed by atoms with Gasteiger partial charge in [-0.25, -0.2) is 0 Å². The van der Waals surface area contributed by atoms with E-state index in [0.717, 1.165) is 38.4 Å². The minimum absolute atomic E-state index is 0.150. The summed E-state index contributed by atoms with van der Waals surface area (Å²) in [6.45, 7) is 10.8. The molecule has 1 aromatic carbocycles. The highest BCUT2D eigenvalue weighted by Crippen LogP contribution is 2.50. The van der Waals surface area contributed by atoms with Gasteiger partial charge in [-0.1, -0.05) is 32.0 Å². The Kier molecular flexibility index (Phi) is 4.59. The zero-order valence-electron chi connectivity index (χ0n) is 15.4. The molecule has 0 spiro atoms. The molecule has 4 rings (SSSR count). The van der Waals surface area contributed by atoms with Gasteiger partial charge >= 0.3 is 0 Å². The van der Waals surface area contributed by atoms with Gasteiger partial charge in [0.25, 0.3) is 0 Å². The molecule has 5 heteroatoms. The molecule has 5 unspecified atom stereocenters. The molecule has 1 saturated heterocycles. The van der Waals surface area contributed by atoms with Crippen LogP contribution < -0.4 is 5.32 Å². The quantitative estimate of drug-likeness (QED) is 0.748. The Bertz CT molecular complexity index is 673. The van der Waals surface area contributed by atoms with E-state index in [4.69, 9.17) is 4.99 Å². The van der Waals surface area contributed by atoms with Crippen LogP contribution in [0.1, 0.15) is 32.8 Å². The van der Waals surface area contributed by atoms with Crippen LogP contribution in [0.3, 0.4) is 0 Å². The highest BCUT2D eigenvalue weighted by atomic mass is 32.2. The summed E-state index contributed by atoms with van der Waals surface area (Å²) >= 11 is 1.93. The molecule has 25 heavy (non-hydrogen) atoms. The maximum absolute atomic E-state index is 10.6. The summed E-state index contributed by atoms with van der Waals surface area (Å²) in [5, 5.41) is 14.3. The van der Waals surface area contributed by atoms with Gasteiger partial charge in [-0.3, -0.25) is 4.99 Å². The summed E-state index contributed by atoms with van der Waals surface area (Å²) in [5.41, 5.74) is 1.11. The highest BCUT2D eigenvalue weighted by molar-refractivity contribution is 8.00. The largest absolute Gasteiger partial charge is 0.393 e. The van der Waals surface area contributed by atoms with Crippen LogP contribution in [0.15, 0.2) is 34.2 Å². The van der Waals surface area contributed by atoms with Crippen LogP contribution in [-0.4, -0.2) is 58.9 Å². The van der Waals surface area contributed by atoms with Crippen LogP contribution in [0.5, 0.6) is 0 Å². The van der Waals surface area contributed by atoms with E-state index >= 15 is 0 Å². The summed E-state index contributed by atoms with van der Waals surface area (Å²) in [6.07, 6.45) is 0.604. The Morgan fingerprint density at radius 2 is 1.96 bits per heavy atom. The van der Waals surface area contributed by atoms with E-state index < -0.39 is 0 Å². The molecule has 1 aliphatic carbocycles. The van der Waals surface area contributed by atoms with E-state index in [1.807, 2.05) is 11.8 Å². The van der Waals surface area contributed by atoms with Gasteiger partial charge in [0.15, 0.2) is 0 Å². The summed E-state index contributed by atoms with van der Waals surface area (Å²) in [6, 6.07) is 8.69. The number of hydrogen-bond acceptors (Lipinski definition) is 5. The number of nitrogens with zero attached hydrogens (tertiary/aromatic N) is 2. The normalized spacial score (nSPS) is 38.4. The lowest BCUT2D eigenvalue weighted by molar-refractivity contribution is 0.0274. The Labute approximate surface area is 155 Å². The molecular weight excluding hydrogens is 330 g/mol. The zero-order valence-corrected chi connectivity index (χ0v) is 16.2. The number of fused-ring (bicyclic) bond motifs is 2. The van der Waals surface area contributed by atoms with Crippen molar-refractivity contribution in [2.75, 3.05) is 26.2 Å². The van der Waals surface area contributed by atoms with Gasteiger partial charge in [0, 0.05) is 41.9 Å². The first-order valence-electron chi connectivity index (χ1n) is 9.50. The number of hydrogen-bond donors (Lipinski definition) is 2. The fourth-order valence-corrected chi connectivity index (χ4v) is 6.16. The topological polar surface area (TPSA) is 47.9 Å². The van der Waals surface area contributed by atoms with Crippen LogP contribution in [0.25, 0.3) is 0 Å². The zero-order chi connectivity index (χ0) is 17.6. The number of amidine groups is 1. The standard InChI is InChI=1S/C20H29N3OS/c1-13-12-16(24)14(2)18-20(13,3)22-19(23-10-8-21-9-11-23)15-6-4-5-7-17(15)25-18/h4-7,13-14,16,18,21,24H,8-12H2,1-3H3. The van der Waals surface area contributed by atoms with Crippen molar-refractivity contribution in [1.29, 1.82) is 0 Å². The molecule has 1 saturated carbocycles. The number of aliphatic imine (C=N–C) groups is 1. The predicted molar refractivity (Wildman–Crippen MR) is 104 cm³/mol. The van der Waals surface area contributed by atoms with Crippen LogP contribution in [0.2, 0.25) is 0 Å². The third kappa shape index (κ3) is 2.90. The lowest BCUT2D eigenvalue weighted by atomic mass is 9.69. The molecule has 2 N–H and O–H groups in total. The molecule has 3 aliphatic rings. The second kappa shape index (κ2) is 6.60. The van der Waals surface area contributed by atoms with Gasteiger partial charge in [0.2, 0.25) is 0 Å². The molecule has 5 atom stereocenters. The SMILES string of the molecule is CC1C(O)CC(C)C2(C)N=C(N3CCNCC3)c3ccccc3SC12. The molecule has 1 aromatic rings.